The van der Waals surface area contributed by atoms with Crippen LogP contribution in [0.5, 0.6) is 5.75 Å². The molecule has 1 aromatic carbocycles. The van der Waals surface area contributed by atoms with Crippen molar-refractivity contribution in [3.8, 4) is 5.75 Å². The van der Waals surface area contributed by atoms with Crippen molar-refractivity contribution in [2.45, 2.75) is 13.0 Å². The van der Waals surface area contributed by atoms with E-state index in [0.717, 1.165) is 17.7 Å². The normalized spacial score (nSPS) is 10.5. The van der Waals surface area contributed by atoms with Crippen LogP contribution in [-0.4, -0.2) is 33.0 Å². The average molecular weight is 277 g/mol. The Morgan fingerprint density at radius 2 is 2.30 bits per heavy atom. The highest BCUT2D eigenvalue weighted by molar-refractivity contribution is 5.31. The number of nitrogens with one attached hydrogen (secondary N) is 1. The first-order chi connectivity index (χ1) is 9.69. The molecule has 0 unspecified atom stereocenters. The van der Waals surface area contributed by atoms with E-state index in [1.807, 2.05) is 24.3 Å². The van der Waals surface area contributed by atoms with Gasteiger partial charge >= 0.3 is 0 Å². The smallest absolute Gasteiger partial charge is 0.241 e. The summed E-state index contributed by atoms with van der Waals surface area (Å²) in [6, 6.07) is 7.42. The van der Waals surface area contributed by atoms with Gasteiger partial charge in [0, 0.05) is 13.6 Å². The number of aliphatic hydroxyl groups excluding tert-OH is 1. The molecule has 20 heavy (non-hydrogen) atoms. The van der Waals surface area contributed by atoms with E-state index in [-0.39, 0.29) is 12.6 Å². The third-order valence-corrected chi connectivity index (χ3v) is 2.73. The fraction of sp³-hybridized carbons (Fsp3) is 0.385. The molecule has 0 radical (unpaired) electrons. The van der Waals surface area contributed by atoms with Gasteiger partial charge in [-0.1, -0.05) is 12.1 Å². The van der Waals surface area contributed by atoms with Crippen LogP contribution in [0.4, 0.5) is 11.9 Å². The lowest BCUT2D eigenvalue weighted by atomic mass is 10.2. The molecule has 0 aliphatic rings. The Morgan fingerprint density at radius 1 is 1.45 bits per heavy atom. The van der Waals surface area contributed by atoms with Gasteiger partial charge in [0.25, 0.3) is 0 Å². The summed E-state index contributed by atoms with van der Waals surface area (Å²) >= 11 is 0. The van der Waals surface area contributed by atoms with E-state index in [4.69, 9.17) is 15.6 Å². The summed E-state index contributed by atoms with van der Waals surface area (Å²) in [6.07, 6.45) is 0.816. The maximum atomic E-state index is 9.03. The SMILES string of the molecule is Cn1nc(N)nc1NCCCOc1cccc(CO)c1. The van der Waals surface area contributed by atoms with Gasteiger partial charge in [-0.25, -0.2) is 4.68 Å². The van der Waals surface area contributed by atoms with E-state index < -0.39 is 0 Å². The van der Waals surface area contributed by atoms with E-state index in [0.29, 0.717) is 19.1 Å². The number of anilines is 2. The molecule has 0 spiro atoms. The van der Waals surface area contributed by atoms with Crippen LogP contribution >= 0.6 is 0 Å². The number of nitrogen functional groups attached to an aromatic ring is 1. The average Bonchev–Trinajstić information content (AvgIpc) is 2.77. The number of ether oxygens (including phenoxy) is 1. The molecule has 0 saturated carbocycles. The van der Waals surface area contributed by atoms with E-state index in [2.05, 4.69) is 15.4 Å². The molecule has 0 bridgehead atoms. The summed E-state index contributed by atoms with van der Waals surface area (Å²) in [5.74, 6) is 1.66. The van der Waals surface area contributed by atoms with Crippen LogP contribution in [0.15, 0.2) is 24.3 Å². The Labute approximate surface area is 117 Å². The van der Waals surface area contributed by atoms with Gasteiger partial charge in [0.1, 0.15) is 5.75 Å². The zero-order chi connectivity index (χ0) is 14.4. The largest absolute Gasteiger partial charge is 0.494 e. The van der Waals surface area contributed by atoms with Crippen LogP contribution in [0, 0.1) is 0 Å². The van der Waals surface area contributed by atoms with Gasteiger partial charge in [0.05, 0.1) is 13.2 Å². The van der Waals surface area contributed by atoms with E-state index in [1.165, 1.54) is 0 Å². The lowest BCUT2D eigenvalue weighted by Gasteiger charge is -2.08. The summed E-state index contributed by atoms with van der Waals surface area (Å²) in [5.41, 5.74) is 6.33. The van der Waals surface area contributed by atoms with Crippen molar-refractivity contribution in [3.63, 3.8) is 0 Å². The third kappa shape index (κ3) is 3.86. The Morgan fingerprint density at radius 3 is 3.00 bits per heavy atom. The van der Waals surface area contributed by atoms with Crippen molar-refractivity contribution >= 4 is 11.9 Å². The number of rotatable bonds is 7. The predicted octanol–water partition coefficient (Wildman–Crippen LogP) is 0.771. The van der Waals surface area contributed by atoms with E-state index >= 15 is 0 Å². The molecular formula is C13H19N5O2. The molecule has 1 heterocycles. The van der Waals surface area contributed by atoms with Gasteiger partial charge in [-0.05, 0) is 24.1 Å². The Kier molecular flexibility index (Phi) is 4.78. The first kappa shape index (κ1) is 14.1. The first-order valence-corrected chi connectivity index (χ1v) is 6.42. The minimum atomic E-state index is 0.0202. The van der Waals surface area contributed by atoms with E-state index in [1.54, 1.807) is 11.7 Å². The van der Waals surface area contributed by atoms with Gasteiger partial charge in [-0.3, -0.25) is 0 Å². The fourth-order valence-corrected chi connectivity index (χ4v) is 1.75. The van der Waals surface area contributed by atoms with Gasteiger partial charge in [0.15, 0.2) is 0 Å². The standard InChI is InChI=1S/C13H19N5O2/c1-18-13(16-12(14)17-18)15-6-3-7-20-11-5-2-4-10(8-11)9-19/h2,4-5,8,19H,3,6-7,9H2,1H3,(H3,14,15,16,17). The zero-order valence-corrected chi connectivity index (χ0v) is 11.4. The lowest BCUT2D eigenvalue weighted by Crippen LogP contribution is -2.10. The molecule has 4 N–H and O–H groups in total. The van der Waals surface area contributed by atoms with Gasteiger partial charge < -0.3 is 20.9 Å². The van der Waals surface area contributed by atoms with Crippen molar-refractivity contribution in [2.24, 2.45) is 7.05 Å². The number of aryl methyl sites for hydroxylation is 1. The summed E-state index contributed by atoms with van der Waals surface area (Å²) in [7, 11) is 1.78. The van der Waals surface area contributed by atoms with Crippen molar-refractivity contribution in [1.82, 2.24) is 14.8 Å². The predicted molar refractivity (Wildman–Crippen MR) is 76.4 cm³/mol. The molecule has 0 atom stereocenters. The van der Waals surface area contributed by atoms with Crippen molar-refractivity contribution in [2.75, 3.05) is 24.2 Å². The molecule has 1 aromatic heterocycles. The molecule has 0 amide bonds. The summed E-state index contributed by atoms with van der Waals surface area (Å²) < 4.78 is 7.20. The Hall–Kier alpha value is -2.28. The monoisotopic (exact) mass is 277 g/mol. The number of nitrogens with two attached hydrogens (primary N) is 1. The van der Waals surface area contributed by atoms with Gasteiger partial charge in [-0.2, -0.15) is 4.98 Å². The molecule has 7 heteroatoms. The van der Waals surface area contributed by atoms with Crippen LogP contribution in [0.3, 0.4) is 0 Å². The molecule has 0 saturated heterocycles. The molecule has 0 aliphatic carbocycles. The second-order valence-electron chi connectivity index (χ2n) is 4.35. The van der Waals surface area contributed by atoms with Crippen molar-refractivity contribution in [1.29, 1.82) is 0 Å². The maximum absolute atomic E-state index is 9.03. The number of aliphatic hydroxyl groups is 1. The van der Waals surface area contributed by atoms with Crippen molar-refractivity contribution in [3.05, 3.63) is 29.8 Å². The second-order valence-corrected chi connectivity index (χ2v) is 4.35. The minimum Gasteiger partial charge on any atom is -0.494 e. The Balaban J connectivity index is 1.70. The summed E-state index contributed by atoms with van der Waals surface area (Å²) in [6.45, 7) is 1.31. The number of aromatic nitrogens is 3. The number of hydrogen-bond acceptors (Lipinski definition) is 6. The quantitative estimate of drug-likeness (QED) is 0.647. The highest BCUT2D eigenvalue weighted by Crippen LogP contribution is 2.13. The number of benzene rings is 1. The second kappa shape index (κ2) is 6.76. The molecule has 0 aliphatic heterocycles. The number of hydrogen-bond donors (Lipinski definition) is 3. The summed E-state index contributed by atoms with van der Waals surface area (Å²) in [4.78, 5) is 4.04. The van der Waals surface area contributed by atoms with Crippen LogP contribution in [-0.2, 0) is 13.7 Å². The van der Waals surface area contributed by atoms with E-state index in [9.17, 15) is 0 Å². The molecule has 7 nitrogen and oxygen atoms in total. The molecule has 108 valence electrons. The molecule has 2 rings (SSSR count). The highest BCUT2D eigenvalue weighted by atomic mass is 16.5. The minimum absolute atomic E-state index is 0.0202. The van der Waals surface area contributed by atoms with Crippen LogP contribution in [0.1, 0.15) is 12.0 Å². The lowest BCUT2D eigenvalue weighted by molar-refractivity contribution is 0.279. The van der Waals surface area contributed by atoms with Gasteiger partial charge in [-0.15, -0.1) is 5.10 Å². The first-order valence-electron chi connectivity index (χ1n) is 6.42. The number of nitrogens with zero attached hydrogens (tertiary/aromatic N) is 3. The molecule has 2 aromatic rings. The zero-order valence-electron chi connectivity index (χ0n) is 11.4. The summed E-state index contributed by atoms with van der Waals surface area (Å²) in [5, 5.41) is 16.1. The fourth-order valence-electron chi connectivity index (χ4n) is 1.75. The van der Waals surface area contributed by atoms with Gasteiger partial charge in [0.2, 0.25) is 11.9 Å². The Bertz CT molecular complexity index is 555. The van der Waals surface area contributed by atoms with Crippen LogP contribution in [0.25, 0.3) is 0 Å². The molecular weight excluding hydrogens is 258 g/mol. The van der Waals surface area contributed by atoms with Crippen LogP contribution < -0.4 is 15.8 Å². The molecule has 0 fully saturated rings. The topological polar surface area (TPSA) is 98.2 Å². The third-order valence-electron chi connectivity index (χ3n) is 2.73. The van der Waals surface area contributed by atoms with Crippen LogP contribution in [0.2, 0.25) is 0 Å². The van der Waals surface area contributed by atoms with Crippen molar-refractivity contribution < 1.29 is 9.84 Å². The highest BCUT2D eigenvalue weighted by Gasteiger charge is 2.02. The maximum Gasteiger partial charge on any atom is 0.241 e.